The van der Waals surface area contributed by atoms with Gasteiger partial charge in [-0.3, -0.25) is 4.68 Å². The van der Waals surface area contributed by atoms with Gasteiger partial charge in [-0.2, -0.15) is 5.10 Å². The van der Waals surface area contributed by atoms with Crippen molar-refractivity contribution in [1.29, 1.82) is 0 Å². The molecule has 0 atom stereocenters. The zero-order valence-corrected chi connectivity index (χ0v) is 7.58. The van der Waals surface area contributed by atoms with E-state index >= 15 is 0 Å². The Labute approximate surface area is 72.3 Å². The highest BCUT2D eigenvalue weighted by atomic mass is 16.5. The van der Waals surface area contributed by atoms with Gasteiger partial charge in [0.05, 0.1) is 18.5 Å². The van der Waals surface area contributed by atoms with Gasteiger partial charge in [0.25, 0.3) is 0 Å². The second-order valence-electron chi connectivity index (χ2n) is 2.71. The molecule has 0 unspecified atom stereocenters. The monoisotopic (exact) mass is 169 g/mol. The van der Waals surface area contributed by atoms with Crippen LogP contribution in [0.4, 0.5) is 0 Å². The van der Waals surface area contributed by atoms with E-state index < -0.39 is 0 Å². The Hall–Kier alpha value is -1.03. The number of nitrogens with two attached hydrogens (primary N) is 1. The quantitative estimate of drug-likeness (QED) is 0.666. The molecule has 68 valence electrons. The maximum atomic E-state index is 5.43. The predicted molar refractivity (Wildman–Crippen MR) is 47.1 cm³/mol. The van der Waals surface area contributed by atoms with Gasteiger partial charge in [-0.25, -0.2) is 0 Å². The lowest BCUT2D eigenvalue weighted by molar-refractivity contribution is 0.311. The number of hydrogen-bond donors (Lipinski definition) is 1. The van der Waals surface area contributed by atoms with Crippen molar-refractivity contribution in [3.8, 4) is 5.75 Å². The fourth-order valence-corrected chi connectivity index (χ4v) is 0.886. The Balaban J connectivity index is 2.46. The lowest BCUT2D eigenvalue weighted by Gasteiger charge is -2.03. The molecule has 1 rings (SSSR count). The van der Waals surface area contributed by atoms with Crippen LogP contribution in [0, 0.1) is 6.92 Å². The van der Waals surface area contributed by atoms with E-state index in [0.717, 1.165) is 17.9 Å². The van der Waals surface area contributed by atoms with Crippen molar-refractivity contribution in [2.75, 3.05) is 13.2 Å². The summed E-state index contributed by atoms with van der Waals surface area (Å²) in [5, 5.41) is 4.06. The molecule has 0 radical (unpaired) electrons. The topological polar surface area (TPSA) is 53.1 Å². The Morgan fingerprint density at radius 2 is 2.42 bits per heavy atom. The molecule has 4 nitrogen and oxygen atoms in total. The molecule has 0 bridgehead atoms. The summed E-state index contributed by atoms with van der Waals surface area (Å²) >= 11 is 0. The Kier molecular flexibility index (Phi) is 3.10. The minimum Gasteiger partial charge on any atom is -0.490 e. The summed E-state index contributed by atoms with van der Waals surface area (Å²) in [4.78, 5) is 0. The van der Waals surface area contributed by atoms with Crippen LogP contribution in [0.5, 0.6) is 5.75 Å². The van der Waals surface area contributed by atoms with Crippen molar-refractivity contribution in [2.45, 2.75) is 13.3 Å². The summed E-state index contributed by atoms with van der Waals surface area (Å²) in [7, 11) is 1.89. The first-order valence-electron chi connectivity index (χ1n) is 4.07. The highest BCUT2D eigenvalue weighted by molar-refractivity contribution is 5.23. The first-order chi connectivity index (χ1) is 5.75. The minimum absolute atomic E-state index is 0.666. The molecular formula is C8H15N3O. The molecule has 0 saturated carbocycles. The van der Waals surface area contributed by atoms with Gasteiger partial charge in [-0.15, -0.1) is 0 Å². The zero-order valence-electron chi connectivity index (χ0n) is 7.58. The van der Waals surface area contributed by atoms with E-state index in [9.17, 15) is 0 Å². The molecule has 12 heavy (non-hydrogen) atoms. The molecule has 0 amide bonds. The van der Waals surface area contributed by atoms with Crippen molar-refractivity contribution in [3.63, 3.8) is 0 Å². The van der Waals surface area contributed by atoms with Crippen LogP contribution < -0.4 is 10.5 Å². The number of hydrogen-bond acceptors (Lipinski definition) is 3. The van der Waals surface area contributed by atoms with E-state index in [-0.39, 0.29) is 0 Å². The molecule has 0 fully saturated rings. The Bertz CT molecular complexity index is 244. The second kappa shape index (κ2) is 4.11. The molecule has 0 aliphatic rings. The fourth-order valence-electron chi connectivity index (χ4n) is 0.886. The molecule has 2 N–H and O–H groups in total. The zero-order chi connectivity index (χ0) is 8.97. The molecule has 4 heteroatoms. The Morgan fingerprint density at radius 1 is 1.67 bits per heavy atom. The van der Waals surface area contributed by atoms with E-state index in [1.54, 1.807) is 10.9 Å². The average molecular weight is 169 g/mol. The van der Waals surface area contributed by atoms with Gasteiger partial charge < -0.3 is 10.5 Å². The normalized spacial score (nSPS) is 10.2. The van der Waals surface area contributed by atoms with Crippen molar-refractivity contribution < 1.29 is 4.74 Å². The van der Waals surface area contributed by atoms with Crippen LogP contribution in [0.15, 0.2) is 6.20 Å². The van der Waals surface area contributed by atoms with Gasteiger partial charge in [0.15, 0.2) is 5.75 Å². The number of aryl methyl sites for hydroxylation is 1. The smallest absolute Gasteiger partial charge is 0.160 e. The SMILES string of the molecule is Cc1c(OCCCN)cnn1C. The summed E-state index contributed by atoms with van der Waals surface area (Å²) in [6.07, 6.45) is 2.61. The number of aromatic nitrogens is 2. The summed E-state index contributed by atoms with van der Waals surface area (Å²) in [6.45, 7) is 3.31. The minimum atomic E-state index is 0.666. The summed E-state index contributed by atoms with van der Waals surface area (Å²) in [6, 6.07) is 0. The van der Waals surface area contributed by atoms with Crippen LogP contribution in [0.3, 0.4) is 0 Å². The number of rotatable bonds is 4. The van der Waals surface area contributed by atoms with Crippen LogP contribution in [0.25, 0.3) is 0 Å². The molecule has 1 aromatic heterocycles. The highest BCUT2D eigenvalue weighted by Crippen LogP contribution is 2.14. The third-order valence-corrected chi connectivity index (χ3v) is 1.80. The predicted octanol–water partition coefficient (Wildman–Crippen LogP) is 0.456. The third kappa shape index (κ3) is 1.98. The van der Waals surface area contributed by atoms with Crippen molar-refractivity contribution in [1.82, 2.24) is 9.78 Å². The largest absolute Gasteiger partial charge is 0.490 e. The van der Waals surface area contributed by atoms with Crippen LogP contribution >= 0.6 is 0 Å². The summed E-state index contributed by atoms with van der Waals surface area (Å²) in [5.74, 6) is 0.853. The van der Waals surface area contributed by atoms with E-state index in [4.69, 9.17) is 10.5 Å². The number of ether oxygens (including phenoxy) is 1. The van der Waals surface area contributed by atoms with E-state index in [2.05, 4.69) is 5.10 Å². The van der Waals surface area contributed by atoms with E-state index in [1.807, 2.05) is 14.0 Å². The van der Waals surface area contributed by atoms with Crippen molar-refractivity contribution >= 4 is 0 Å². The molecule has 0 aliphatic carbocycles. The summed E-state index contributed by atoms with van der Waals surface area (Å²) < 4.78 is 7.22. The number of nitrogens with zero attached hydrogens (tertiary/aromatic N) is 2. The first-order valence-corrected chi connectivity index (χ1v) is 4.07. The maximum absolute atomic E-state index is 5.43. The maximum Gasteiger partial charge on any atom is 0.160 e. The van der Waals surface area contributed by atoms with E-state index in [0.29, 0.717) is 13.2 Å². The third-order valence-electron chi connectivity index (χ3n) is 1.80. The van der Waals surface area contributed by atoms with E-state index in [1.165, 1.54) is 0 Å². The van der Waals surface area contributed by atoms with Gasteiger partial charge in [0.2, 0.25) is 0 Å². The van der Waals surface area contributed by atoms with Gasteiger partial charge >= 0.3 is 0 Å². The van der Waals surface area contributed by atoms with Crippen LogP contribution in [-0.2, 0) is 7.05 Å². The average Bonchev–Trinajstić information content (AvgIpc) is 2.36. The molecule has 0 aromatic carbocycles. The molecule has 1 aromatic rings. The molecule has 0 aliphatic heterocycles. The molecule has 0 saturated heterocycles. The van der Waals surface area contributed by atoms with Crippen molar-refractivity contribution in [2.24, 2.45) is 12.8 Å². The van der Waals surface area contributed by atoms with Gasteiger partial charge in [0, 0.05) is 7.05 Å². The molecule has 1 heterocycles. The van der Waals surface area contributed by atoms with Gasteiger partial charge in [-0.05, 0) is 19.9 Å². The van der Waals surface area contributed by atoms with Gasteiger partial charge in [0.1, 0.15) is 0 Å². The Morgan fingerprint density at radius 3 is 2.92 bits per heavy atom. The van der Waals surface area contributed by atoms with Crippen LogP contribution in [0.1, 0.15) is 12.1 Å². The van der Waals surface area contributed by atoms with Crippen LogP contribution in [-0.4, -0.2) is 22.9 Å². The molecular weight excluding hydrogens is 154 g/mol. The van der Waals surface area contributed by atoms with Crippen LogP contribution in [0.2, 0.25) is 0 Å². The lowest BCUT2D eigenvalue weighted by atomic mass is 10.4. The standard InChI is InChI=1S/C8H15N3O/c1-7-8(6-10-11(7)2)12-5-3-4-9/h6H,3-5,9H2,1-2H3. The summed E-state index contributed by atoms with van der Waals surface area (Å²) in [5.41, 5.74) is 6.38. The lowest BCUT2D eigenvalue weighted by Crippen LogP contribution is -2.06. The fraction of sp³-hybridized carbons (Fsp3) is 0.625. The van der Waals surface area contributed by atoms with Crippen molar-refractivity contribution in [3.05, 3.63) is 11.9 Å². The highest BCUT2D eigenvalue weighted by Gasteiger charge is 2.02. The second-order valence-corrected chi connectivity index (χ2v) is 2.71. The molecule has 0 spiro atoms. The first kappa shape index (κ1) is 9.06. The van der Waals surface area contributed by atoms with Gasteiger partial charge in [-0.1, -0.05) is 0 Å².